The van der Waals surface area contributed by atoms with Gasteiger partial charge >= 0.3 is 0 Å². The SMILES string of the molecule is CC(C)(OC(C)(C)C([SiH3])[SiH3])C([SiH3])[SiH3]. The van der Waals surface area contributed by atoms with Crippen molar-refractivity contribution in [2.45, 2.75) is 49.2 Å². The Bertz CT molecular complexity index is 148. The average molecular weight is 251 g/mol. The maximum atomic E-state index is 6.29. The number of rotatable bonds is 4. The highest BCUT2D eigenvalue weighted by molar-refractivity contribution is 6.37. The van der Waals surface area contributed by atoms with E-state index in [1.165, 1.54) is 41.0 Å². The molecule has 0 spiro atoms. The molecule has 0 N–H and O–H groups in total. The minimum atomic E-state index is 0.134. The normalized spacial score (nSPS) is 19.4. The monoisotopic (exact) mass is 250 g/mol. The second-order valence-corrected chi connectivity index (χ2v) is 17.2. The van der Waals surface area contributed by atoms with E-state index in [0.29, 0.717) is 0 Å². The quantitative estimate of drug-likeness (QED) is 0.502. The van der Waals surface area contributed by atoms with Crippen LogP contribution in [0.2, 0.25) is 10.3 Å². The molecule has 0 fully saturated rings. The Balaban J connectivity index is 4.42. The molecule has 1 nitrogen and oxygen atoms in total. The molecule has 0 atom stereocenters. The van der Waals surface area contributed by atoms with Crippen LogP contribution in [0.25, 0.3) is 0 Å². The Morgan fingerprint density at radius 3 is 1.15 bits per heavy atom. The van der Waals surface area contributed by atoms with E-state index in [2.05, 4.69) is 27.7 Å². The second-order valence-electron chi connectivity index (χ2n) is 5.62. The summed E-state index contributed by atoms with van der Waals surface area (Å²) in [5.74, 6) is 0. The molecule has 0 aliphatic rings. The zero-order valence-electron chi connectivity index (χ0n) is 10.6. The van der Waals surface area contributed by atoms with Gasteiger partial charge in [-0.25, -0.2) is 0 Å². The highest BCUT2D eigenvalue weighted by Crippen LogP contribution is 2.31. The van der Waals surface area contributed by atoms with Crippen molar-refractivity contribution in [3.05, 3.63) is 0 Å². The van der Waals surface area contributed by atoms with Crippen LogP contribution in [0.3, 0.4) is 0 Å². The van der Waals surface area contributed by atoms with E-state index in [4.69, 9.17) is 4.74 Å². The number of ether oxygens (including phenoxy) is 1. The Morgan fingerprint density at radius 1 is 0.769 bits per heavy atom. The van der Waals surface area contributed by atoms with E-state index in [-0.39, 0.29) is 11.2 Å². The van der Waals surface area contributed by atoms with Crippen LogP contribution in [-0.4, -0.2) is 52.2 Å². The second kappa shape index (κ2) is 4.56. The van der Waals surface area contributed by atoms with Crippen LogP contribution < -0.4 is 0 Å². The van der Waals surface area contributed by atoms with Crippen molar-refractivity contribution in [1.82, 2.24) is 0 Å². The van der Waals surface area contributed by atoms with Crippen LogP contribution in [-0.2, 0) is 4.74 Å². The largest absolute Gasteiger partial charge is 0.370 e. The molecule has 0 unspecified atom stereocenters. The van der Waals surface area contributed by atoms with Crippen LogP contribution >= 0.6 is 0 Å². The molecule has 80 valence electrons. The molecule has 5 heteroatoms. The zero-order chi connectivity index (χ0) is 10.9. The van der Waals surface area contributed by atoms with Crippen molar-refractivity contribution in [3.8, 4) is 0 Å². The van der Waals surface area contributed by atoms with Crippen LogP contribution in [0.5, 0.6) is 0 Å². The van der Waals surface area contributed by atoms with Crippen LogP contribution in [0, 0.1) is 0 Å². The minimum absolute atomic E-state index is 0.134. The Kier molecular flexibility index (Phi) is 4.86. The van der Waals surface area contributed by atoms with E-state index in [9.17, 15) is 0 Å². The topological polar surface area (TPSA) is 9.23 Å². The van der Waals surface area contributed by atoms with Gasteiger partial charge in [-0.3, -0.25) is 0 Å². The molecule has 13 heavy (non-hydrogen) atoms. The lowest BCUT2D eigenvalue weighted by Gasteiger charge is -2.41. The van der Waals surface area contributed by atoms with E-state index in [1.807, 2.05) is 0 Å². The van der Waals surface area contributed by atoms with Gasteiger partial charge in [0.25, 0.3) is 0 Å². The molecule has 0 radical (unpaired) electrons. The Labute approximate surface area is 95.1 Å². The van der Waals surface area contributed by atoms with E-state index < -0.39 is 0 Å². The van der Waals surface area contributed by atoms with Crippen molar-refractivity contribution in [2.75, 3.05) is 0 Å². The summed E-state index contributed by atoms with van der Waals surface area (Å²) in [5, 5.41) is 1.71. The number of hydrogen-bond acceptors (Lipinski definition) is 1. The smallest absolute Gasteiger partial charge is 0.0599 e. The summed E-state index contributed by atoms with van der Waals surface area (Å²) in [6.45, 7) is 9.08. The van der Waals surface area contributed by atoms with Gasteiger partial charge < -0.3 is 4.74 Å². The molecule has 0 aromatic carbocycles. The van der Waals surface area contributed by atoms with E-state index in [1.54, 1.807) is 0 Å². The molecular weight excluding hydrogens is 224 g/mol. The van der Waals surface area contributed by atoms with Crippen LogP contribution in [0.15, 0.2) is 0 Å². The summed E-state index contributed by atoms with van der Waals surface area (Å²) in [5.41, 5.74) is 0.268. The predicted molar refractivity (Wildman–Crippen MR) is 76.5 cm³/mol. The van der Waals surface area contributed by atoms with Crippen molar-refractivity contribution in [1.29, 1.82) is 0 Å². The molecule has 0 aromatic heterocycles. The summed E-state index contributed by atoms with van der Waals surface area (Å²) >= 11 is 0. The molecule has 0 aliphatic carbocycles. The van der Waals surface area contributed by atoms with Gasteiger partial charge in [-0.15, -0.1) is 0 Å². The Hall–Kier alpha value is 0.828. The fourth-order valence-electron chi connectivity index (χ4n) is 0.914. The Morgan fingerprint density at radius 2 is 1.00 bits per heavy atom. The van der Waals surface area contributed by atoms with Crippen molar-refractivity contribution >= 4 is 41.0 Å². The molecule has 0 saturated heterocycles. The highest BCUT2D eigenvalue weighted by Gasteiger charge is 2.33. The van der Waals surface area contributed by atoms with Gasteiger partial charge in [0.2, 0.25) is 0 Å². The van der Waals surface area contributed by atoms with Gasteiger partial charge in [0.15, 0.2) is 0 Å². The van der Waals surface area contributed by atoms with Gasteiger partial charge in [0.1, 0.15) is 0 Å². The summed E-state index contributed by atoms with van der Waals surface area (Å²) in [6, 6.07) is 0. The standard InChI is InChI=1S/C8H26OSi4/c1-7(2,5(10)11)9-8(3,4)6(12)13/h5-6H,1-4,10-13H3. The van der Waals surface area contributed by atoms with Gasteiger partial charge in [-0.2, -0.15) is 0 Å². The lowest BCUT2D eigenvalue weighted by atomic mass is 10.1. The van der Waals surface area contributed by atoms with Crippen LogP contribution in [0.1, 0.15) is 27.7 Å². The molecule has 0 aliphatic heterocycles. The lowest BCUT2D eigenvalue weighted by molar-refractivity contribution is -0.110. The highest BCUT2D eigenvalue weighted by atomic mass is 28.2. The summed E-state index contributed by atoms with van der Waals surface area (Å²) in [4.78, 5) is 0. The predicted octanol–water partition coefficient (Wildman–Crippen LogP) is -2.49. The van der Waals surface area contributed by atoms with Gasteiger partial charge in [-0.05, 0) is 38.0 Å². The first-order valence-corrected chi connectivity index (χ1v) is 9.91. The minimum Gasteiger partial charge on any atom is -0.370 e. The van der Waals surface area contributed by atoms with Crippen molar-refractivity contribution < 1.29 is 4.74 Å². The molecule has 0 rings (SSSR count). The van der Waals surface area contributed by atoms with Gasteiger partial charge in [0.05, 0.1) is 11.2 Å². The maximum absolute atomic E-state index is 6.29. The summed E-state index contributed by atoms with van der Waals surface area (Å²) < 4.78 is 6.29. The summed E-state index contributed by atoms with van der Waals surface area (Å²) in [7, 11) is 5.10. The molecule has 0 amide bonds. The average Bonchev–Trinajstić information content (AvgIpc) is 1.83. The first-order valence-electron chi connectivity index (χ1n) is 5.29. The molecule has 0 bridgehead atoms. The van der Waals surface area contributed by atoms with Crippen molar-refractivity contribution in [2.24, 2.45) is 0 Å². The third kappa shape index (κ3) is 4.24. The third-order valence-electron chi connectivity index (χ3n) is 3.31. The summed E-state index contributed by atoms with van der Waals surface area (Å²) in [6.07, 6.45) is 0. The third-order valence-corrected chi connectivity index (χ3v) is 8.87. The van der Waals surface area contributed by atoms with Gasteiger partial charge in [-0.1, -0.05) is 0 Å². The zero-order valence-corrected chi connectivity index (χ0v) is 18.6. The molecular formula is C8H26OSi4. The maximum Gasteiger partial charge on any atom is 0.0599 e. The molecule has 0 heterocycles. The van der Waals surface area contributed by atoms with E-state index in [0.717, 1.165) is 10.3 Å². The first kappa shape index (κ1) is 13.8. The lowest BCUT2D eigenvalue weighted by Crippen LogP contribution is -2.43. The fourth-order valence-corrected chi connectivity index (χ4v) is 1.39. The van der Waals surface area contributed by atoms with Gasteiger partial charge in [0, 0.05) is 41.0 Å². The van der Waals surface area contributed by atoms with Crippen LogP contribution in [0.4, 0.5) is 0 Å². The first-order chi connectivity index (χ1) is 5.59. The molecule has 0 saturated carbocycles. The molecule has 0 aromatic rings. The van der Waals surface area contributed by atoms with Crippen molar-refractivity contribution in [3.63, 3.8) is 0 Å². The number of hydrogen-bond donors (Lipinski definition) is 0. The fraction of sp³-hybridized carbons (Fsp3) is 1.00. The van der Waals surface area contributed by atoms with E-state index >= 15 is 0 Å².